The van der Waals surface area contributed by atoms with Crippen LogP contribution in [0.25, 0.3) is 0 Å². The lowest BCUT2D eigenvalue weighted by Gasteiger charge is -2.28. The fourth-order valence-corrected chi connectivity index (χ4v) is 0.559. The summed E-state index contributed by atoms with van der Waals surface area (Å²) in [5.41, 5.74) is -6.45. The van der Waals surface area contributed by atoms with Gasteiger partial charge in [-0.05, 0) is 0 Å². The molecule has 0 aliphatic rings. The summed E-state index contributed by atoms with van der Waals surface area (Å²) in [7, 11) is 0. The number of rotatable bonds is 2. The highest BCUT2D eigenvalue weighted by atomic mass is 19.4. The predicted octanol–water partition coefficient (Wildman–Crippen LogP) is 0.138. The molecule has 0 saturated heterocycles. The molecule has 0 N–H and O–H groups in total. The van der Waals surface area contributed by atoms with E-state index in [1.165, 1.54) is 0 Å². The van der Waals surface area contributed by atoms with E-state index in [0.29, 0.717) is 0 Å². The summed E-state index contributed by atoms with van der Waals surface area (Å²) in [6.45, 7) is 0. The maximum absolute atomic E-state index is 12.4. The Morgan fingerprint density at radius 1 is 0.800 bits per heavy atom. The summed E-state index contributed by atoms with van der Waals surface area (Å²) in [5, 5.41) is 9.54. The fourth-order valence-electron chi connectivity index (χ4n) is 0.559. The molecule has 0 bridgehead atoms. The summed E-state index contributed by atoms with van der Waals surface area (Å²) in [6, 6.07) is 0. The van der Waals surface area contributed by atoms with E-state index in [0.717, 1.165) is 0 Å². The van der Waals surface area contributed by atoms with Gasteiger partial charge in [-0.25, -0.2) is 4.39 Å². The lowest BCUT2D eigenvalue weighted by Crippen LogP contribution is -2.63. The van der Waals surface area contributed by atoms with E-state index in [1.807, 2.05) is 0 Å². The molecule has 0 heterocycles. The van der Waals surface area contributed by atoms with Gasteiger partial charge in [0.15, 0.2) is 0 Å². The van der Waals surface area contributed by atoms with Gasteiger partial charge in [0.25, 0.3) is 0 Å². The van der Waals surface area contributed by atoms with E-state index in [9.17, 15) is 45.4 Å². The summed E-state index contributed by atoms with van der Waals surface area (Å²) >= 11 is 0. The highest BCUT2D eigenvalue weighted by Gasteiger charge is 2.77. The molecular formula is C5F7O3-. The zero-order chi connectivity index (χ0) is 12.7. The number of Topliss-reactive ketones (excluding diaryl/α,β-unsaturated/α-hetero) is 1. The van der Waals surface area contributed by atoms with E-state index in [1.54, 1.807) is 0 Å². The van der Waals surface area contributed by atoms with E-state index < -0.39 is 29.8 Å². The molecule has 3 nitrogen and oxygen atoms in total. The third-order valence-electron chi connectivity index (χ3n) is 1.28. The van der Waals surface area contributed by atoms with Gasteiger partial charge in [-0.2, -0.15) is 26.3 Å². The first-order chi connectivity index (χ1) is 6.35. The van der Waals surface area contributed by atoms with Crippen molar-refractivity contribution in [2.24, 2.45) is 0 Å². The van der Waals surface area contributed by atoms with Crippen LogP contribution in [0.4, 0.5) is 30.7 Å². The predicted molar refractivity (Wildman–Crippen MR) is 26.0 cm³/mol. The number of carbonyl (C=O) groups is 2. The van der Waals surface area contributed by atoms with Gasteiger partial charge < -0.3 is 9.90 Å². The minimum absolute atomic E-state index is 3.41. The molecule has 88 valence electrons. The van der Waals surface area contributed by atoms with E-state index in [2.05, 4.69) is 0 Å². The van der Waals surface area contributed by atoms with Crippen molar-refractivity contribution in [2.75, 3.05) is 0 Å². The molecule has 15 heavy (non-hydrogen) atoms. The van der Waals surface area contributed by atoms with E-state index in [4.69, 9.17) is 0 Å². The second-order valence-electron chi connectivity index (χ2n) is 2.27. The van der Waals surface area contributed by atoms with Crippen LogP contribution < -0.4 is 5.11 Å². The van der Waals surface area contributed by atoms with Crippen molar-refractivity contribution in [3.05, 3.63) is 0 Å². The minimum Gasteiger partial charge on any atom is -0.542 e. The number of carboxylic acids is 1. The topological polar surface area (TPSA) is 57.2 Å². The molecule has 0 aromatic heterocycles. The Morgan fingerprint density at radius 3 is 1.13 bits per heavy atom. The van der Waals surface area contributed by atoms with Crippen LogP contribution in [0.3, 0.4) is 0 Å². The monoisotopic (exact) mass is 241 g/mol. The Hall–Kier alpha value is -1.35. The van der Waals surface area contributed by atoms with E-state index in [-0.39, 0.29) is 0 Å². The molecule has 0 amide bonds. The smallest absolute Gasteiger partial charge is 0.439 e. The van der Waals surface area contributed by atoms with Crippen LogP contribution in [0.1, 0.15) is 0 Å². The van der Waals surface area contributed by atoms with Gasteiger partial charge in [-0.15, -0.1) is 0 Å². The Balaban J connectivity index is 5.64. The molecule has 0 aromatic rings. The number of carboxylic acid groups (broad SMARTS) is 1. The second kappa shape index (κ2) is 3.35. The van der Waals surface area contributed by atoms with Crippen molar-refractivity contribution in [1.29, 1.82) is 0 Å². The number of ketones is 1. The van der Waals surface area contributed by atoms with Crippen LogP contribution in [0.15, 0.2) is 0 Å². The fraction of sp³-hybridized carbons (Fsp3) is 0.600. The highest BCUT2D eigenvalue weighted by molar-refractivity contribution is 6.35. The quantitative estimate of drug-likeness (QED) is 0.510. The van der Waals surface area contributed by atoms with Crippen molar-refractivity contribution in [1.82, 2.24) is 0 Å². The average Bonchev–Trinajstić information content (AvgIpc) is 1.96. The first-order valence-corrected chi connectivity index (χ1v) is 2.94. The van der Waals surface area contributed by atoms with Gasteiger partial charge in [-0.1, -0.05) is 0 Å². The van der Waals surface area contributed by atoms with Gasteiger partial charge in [-0.3, -0.25) is 4.79 Å². The maximum Gasteiger partial charge on any atom is 0.439 e. The zero-order valence-electron chi connectivity index (χ0n) is 6.37. The summed E-state index contributed by atoms with van der Waals surface area (Å²) < 4.78 is 82.1. The third kappa shape index (κ3) is 2.02. The van der Waals surface area contributed by atoms with Crippen molar-refractivity contribution >= 4 is 11.8 Å². The molecule has 0 aliphatic carbocycles. The molecule has 10 heteroatoms. The molecule has 0 fully saturated rings. The van der Waals surface area contributed by atoms with Crippen LogP contribution in [-0.4, -0.2) is 29.8 Å². The van der Waals surface area contributed by atoms with Crippen LogP contribution in [0.5, 0.6) is 0 Å². The molecule has 0 spiro atoms. The summed E-state index contributed by atoms with van der Waals surface area (Å²) in [4.78, 5) is 19.5. The molecule has 0 saturated carbocycles. The van der Waals surface area contributed by atoms with Crippen LogP contribution in [-0.2, 0) is 9.59 Å². The first-order valence-electron chi connectivity index (χ1n) is 2.94. The number of hydrogen-bond donors (Lipinski definition) is 0. The van der Waals surface area contributed by atoms with Crippen molar-refractivity contribution < 1.29 is 45.4 Å². The Morgan fingerprint density at radius 2 is 1.07 bits per heavy atom. The SMILES string of the molecule is O=C([O-])C(=O)C(F)(C(F)(F)F)C(F)(F)F. The molecule has 0 aliphatic heterocycles. The molecule has 0 aromatic carbocycles. The number of hydrogen-bond acceptors (Lipinski definition) is 3. The number of aliphatic carboxylic acids is 1. The highest BCUT2D eigenvalue weighted by Crippen LogP contribution is 2.46. The Bertz CT molecular complexity index is 274. The van der Waals surface area contributed by atoms with Crippen LogP contribution in [0.2, 0.25) is 0 Å². The lowest BCUT2D eigenvalue weighted by atomic mass is 9.99. The Kier molecular flexibility index (Phi) is 3.05. The largest absolute Gasteiger partial charge is 0.542 e. The lowest BCUT2D eigenvalue weighted by molar-refractivity contribution is -0.337. The summed E-state index contributed by atoms with van der Waals surface area (Å²) in [6.07, 6.45) is -13.4. The third-order valence-corrected chi connectivity index (χ3v) is 1.28. The standard InChI is InChI=1S/C5HF7O3/c6-3(4(7,8)9,5(10,11)12)1(13)2(14)15/h(H,14,15)/p-1. The van der Waals surface area contributed by atoms with Crippen molar-refractivity contribution in [3.63, 3.8) is 0 Å². The van der Waals surface area contributed by atoms with Crippen molar-refractivity contribution in [3.8, 4) is 0 Å². The number of carbonyl (C=O) groups excluding carboxylic acids is 2. The molecular weight excluding hydrogens is 241 g/mol. The minimum atomic E-state index is -6.72. The molecule has 0 atom stereocenters. The van der Waals surface area contributed by atoms with Gasteiger partial charge in [0.2, 0.25) is 5.78 Å². The van der Waals surface area contributed by atoms with Crippen molar-refractivity contribution in [2.45, 2.75) is 18.0 Å². The second-order valence-corrected chi connectivity index (χ2v) is 2.27. The maximum atomic E-state index is 12.4. The van der Waals surface area contributed by atoms with Gasteiger partial charge in [0.05, 0.1) is 0 Å². The van der Waals surface area contributed by atoms with E-state index >= 15 is 0 Å². The normalized spacial score (nSPS) is 13.8. The molecule has 0 radical (unpaired) electrons. The van der Waals surface area contributed by atoms with Gasteiger partial charge in [0, 0.05) is 0 Å². The van der Waals surface area contributed by atoms with Crippen LogP contribution >= 0.6 is 0 Å². The first kappa shape index (κ1) is 13.7. The molecule has 0 unspecified atom stereocenters. The number of alkyl halides is 7. The Labute approximate surface area is 76.5 Å². The molecule has 0 rings (SSSR count). The average molecular weight is 241 g/mol. The zero-order valence-corrected chi connectivity index (χ0v) is 6.37. The van der Waals surface area contributed by atoms with Gasteiger partial charge in [0.1, 0.15) is 5.97 Å². The summed E-state index contributed by atoms with van der Waals surface area (Å²) in [5.74, 6) is -7.14. The number of halogens is 7. The van der Waals surface area contributed by atoms with Crippen LogP contribution in [0, 0.1) is 0 Å². The van der Waals surface area contributed by atoms with Gasteiger partial charge >= 0.3 is 18.0 Å².